The molecule has 3 N–H and O–H groups in total. The van der Waals surface area contributed by atoms with Crippen molar-refractivity contribution in [3.05, 3.63) is 59.7 Å². The summed E-state index contributed by atoms with van der Waals surface area (Å²) in [7, 11) is 0. The number of benzene rings is 2. The molecule has 1 aliphatic rings. The summed E-state index contributed by atoms with van der Waals surface area (Å²) in [6, 6.07) is 16.0. The van der Waals surface area contributed by atoms with Gasteiger partial charge < -0.3 is 25.4 Å². The summed E-state index contributed by atoms with van der Waals surface area (Å²) in [5, 5.41) is 3.26. The highest BCUT2D eigenvalue weighted by Gasteiger charge is 2.23. The van der Waals surface area contributed by atoms with E-state index in [0.29, 0.717) is 32.2 Å². The van der Waals surface area contributed by atoms with E-state index in [9.17, 15) is 4.79 Å². The van der Waals surface area contributed by atoms with Crippen molar-refractivity contribution < 1.29 is 14.3 Å². The lowest BCUT2D eigenvalue weighted by Crippen LogP contribution is -2.48. The van der Waals surface area contributed by atoms with Gasteiger partial charge in [-0.25, -0.2) is 9.79 Å². The molecule has 1 amide bonds. The molecule has 0 radical (unpaired) electrons. The number of guanidine groups is 1. The van der Waals surface area contributed by atoms with Gasteiger partial charge in [0.2, 0.25) is 0 Å². The number of likely N-dealkylation sites (tertiary alicyclic amines) is 1. The van der Waals surface area contributed by atoms with Gasteiger partial charge in [0.1, 0.15) is 11.5 Å². The Bertz CT molecular complexity index is 859. The number of nitrogens with one attached hydrogen (secondary N) is 1. The minimum atomic E-state index is -0.247. The second-order valence-electron chi connectivity index (χ2n) is 7.33. The van der Waals surface area contributed by atoms with Gasteiger partial charge in [0.05, 0.1) is 13.2 Å². The SMILES string of the molecule is CCOC(=O)N1CCC(NC(N)=NCc2ccccc2Oc2ccc(C)cc2)CC1. The molecule has 30 heavy (non-hydrogen) atoms. The van der Waals surface area contributed by atoms with Crippen molar-refractivity contribution in [2.24, 2.45) is 10.7 Å². The number of nitrogens with zero attached hydrogens (tertiary/aromatic N) is 2. The van der Waals surface area contributed by atoms with E-state index >= 15 is 0 Å². The van der Waals surface area contributed by atoms with Crippen LogP contribution in [0, 0.1) is 6.92 Å². The van der Waals surface area contributed by atoms with Crippen molar-refractivity contribution in [3.8, 4) is 11.5 Å². The Kier molecular flexibility index (Phi) is 7.54. The third-order valence-electron chi connectivity index (χ3n) is 5.01. The maximum absolute atomic E-state index is 11.8. The van der Waals surface area contributed by atoms with Crippen molar-refractivity contribution in [2.75, 3.05) is 19.7 Å². The number of piperidine rings is 1. The van der Waals surface area contributed by atoms with Crippen LogP contribution >= 0.6 is 0 Å². The van der Waals surface area contributed by atoms with Crippen LogP contribution in [-0.4, -0.2) is 42.7 Å². The molecule has 0 spiro atoms. The molecule has 0 aromatic heterocycles. The number of nitrogens with two attached hydrogens (primary N) is 1. The van der Waals surface area contributed by atoms with E-state index in [1.807, 2.05) is 62.4 Å². The van der Waals surface area contributed by atoms with Gasteiger partial charge in [-0.05, 0) is 44.9 Å². The molecular weight excluding hydrogens is 380 g/mol. The van der Waals surface area contributed by atoms with Crippen molar-refractivity contribution in [2.45, 2.75) is 39.3 Å². The summed E-state index contributed by atoms with van der Waals surface area (Å²) in [6.07, 6.45) is 1.37. The average Bonchev–Trinajstić information content (AvgIpc) is 2.75. The lowest BCUT2D eigenvalue weighted by Gasteiger charge is -2.31. The summed E-state index contributed by atoms with van der Waals surface area (Å²) < 4.78 is 11.1. The van der Waals surface area contributed by atoms with Gasteiger partial charge in [-0.1, -0.05) is 35.9 Å². The van der Waals surface area contributed by atoms with Gasteiger partial charge in [0, 0.05) is 24.7 Å². The van der Waals surface area contributed by atoms with E-state index in [4.69, 9.17) is 15.2 Å². The predicted molar refractivity (Wildman–Crippen MR) is 118 cm³/mol. The predicted octanol–water partition coefficient (Wildman–Crippen LogP) is 3.81. The van der Waals surface area contributed by atoms with E-state index in [-0.39, 0.29) is 12.1 Å². The van der Waals surface area contributed by atoms with Gasteiger partial charge in [0.15, 0.2) is 5.96 Å². The molecule has 1 aliphatic heterocycles. The molecule has 1 heterocycles. The van der Waals surface area contributed by atoms with Gasteiger partial charge in [-0.3, -0.25) is 0 Å². The molecule has 7 nitrogen and oxygen atoms in total. The number of aryl methyl sites for hydroxylation is 1. The maximum Gasteiger partial charge on any atom is 0.409 e. The zero-order valence-electron chi connectivity index (χ0n) is 17.6. The van der Waals surface area contributed by atoms with Crippen LogP contribution in [0.4, 0.5) is 4.79 Å². The normalized spacial score (nSPS) is 15.0. The Balaban J connectivity index is 1.53. The molecule has 0 unspecified atom stereocenters. The second-order valence-corrected chi connectivity index (χ2v) is 7.33. The first kappa shape index (κ1) is 21.5. The van der Waals surface area contributed by atoms with E-state index in [1.165, 1.54) is 5.56 Å². The van der Waals surface area contributed by atoms with Crippen LogP contribution in [0.5, 0.6) is 11.5 Å². The maximum atomic E-state index is 11.8. The Labute approximate surface area is 177 Å². The van der Waals surface area contributed by atoms with E-state index in [1.54, 1.807) is 4.90 Å². The lowest BCUT2D eigenvalue weighted by atomic mass is 10.1. The first-order chi connectivity index (χ1) is 14.5. The van der Waals surface area contributed by atoms with Crippen LogP contribution in [0.15, 0.2) is 53.5 Å². The molecule has 3 rings (SSSR count). The number of aliphatic imine (C=N–C) groups is 1. The summed E-state index contributed by atoms with van der Waals surface area (Å²) in [5.74, 6) is 1.95. The minimum absolute atomic E-state index is 0.193. The van der Waals surface area contributed by atoms with Crippen LogP contribution in [0.1, 0.15) is 30.9 Å². The zero-order chi connectivity index (χ0) is 21.3. The fourth-order valence-electron chi connectivity index (χ4n) is 3.31. The fraction of sp³-hybridized carbons (Fsp3) is 0.391. The van der Waals surface area contributed by atoms with Gasteiger partial charge in [0.25, 0.3) is 0 Å². The van der Waals surface area contributed by atoms with E-state index in [0.717, 1.165) is 29.9 Å². The van der Waals surface area contributed by atoms with Crippen molar-refractivity contribution >= 4 is 12.1 Å². The van der Waals surface area contributed by atoms with E-state index < -0.39 is 0 Å². The number of carbonyl (C=O) groups excluding carboxylic acids is 1. The van der Waals surface area contributed by atoms with Crippen LogP contribution in [0.2, 0.25) is 0 Å². The lowest BCUT2D eigenvalue weighted by molar-refractivity contribution is 0.0963. The molecule has 1 fully saturated rings. The van der Waals surface area contributed by atoms with Gasteiger partial charge in [-0.2, -0.15) is 0 Å². The van der Waals surface area contributed by atoms with Gasteiger partial charge >= 0.3 is 6.09 Å². The number of rotatable bonds is 6. The quantitative estimate of drug-likeness (QED) is 0.558. The highest BCUT2D eigenvalue weighted by Crippen LogP contribution is 2.26. The molecule has 0 aliphatic carbocycles. The fourth-order valence-corrected chi connectivity index (χ4v) is 3.31. The topological polar surface area (TPSA) is 89.2 Å². The highest BCUT2D eigenvalue weighted by molar-refractivity contribution is 5.78. The first-order valence-corrected chi connectivity index (χ1v) is 10.4. The van der Waals surface area contributed by atoms with Crippen molar-refractivity contribution in [1.29, 1.82) is 0 Å². The number of carbonyl (C=O) groups is 1. The molecule has 7 heteroatoms. The van der Waals surface area contributed by atoms with Crippen LogP contribution in [-0.2, 0) is 11.3 Å². The first-order valence-electron chi connectivity index (χ1n) is 10.4. The van der Waals surface area contributed by atoms with Crippen LogP contribution in [0.3, 0.4) is 0 Å². The Morgan fingerprint density at radius 1 is 1.17 bits per heavy atom. The largest absolute Gasteiger partial charge is 0.457 e. The molecule has 160 valence electrons. The number of para-hydroxylation sites is 1. The molecular formula is C23H30N4O3. The molecule has 0 bridgehead atoms. The highest BCUT2D eigenvalue weighted by atomic mass is 16.6. The summed E-state index contributed by atoms with van der Waals surface area (Å²) >= 11 is 0. The molecule has 0 saturated carbocycles. The van der Waals surface area contributed by atoms with Crippen LogP contribution in [0.25, 0.3) is 0 Å². The number of hydrogen-bond donors (Lipinski definition) is 2. The van der Waals surface area contributed by atoms with Crippen LogP contribution < -0.4 is 15.8 Å². The Morgan fingerprint density at radius 2 is 1.87 bits per heavy atom. The Morgan fingerprint density at radius 3 is 2.57 bits per heavy atom. The van der Waals surface area contributed by atoms with Gasteiger partial charge in [-0.15, -0.1) is 0 Å². The smallest absolute Gasteiger partial charge is 0.409 e. The number of ether oxygens (including phenoxy) is 2. The van der Waals surface area contributed by atoms with Crippen molar-refractivity contribution in [1.82, 2.24) is 10.2 Å². The Hall–Kier alpha value is -3.22. The molecule has 0 atom stereocenters. The zero-order valence-corrected chi connectivity index (χ0v) is 17.6. The number of hydrogen-bond acceptors (Lipinski definition) is 4. The molecule has 2 aromatic rings. The van der Waals surface area contributed by atoms with Crippen molar-refractivity contribution in [3.63, 3.8) is 0 Å². The summed E-state index contributed by atoms with van der Waals surface area (Å²) in [4.78, 5) is 18.0. The third kappa shape index (κ3) is 6.14. The summed E-state index contributed by atoms with van der Waals surface area (Å²) in [6.45, 7) is 5.97. The van der Waals surface area contributed by atoms with E-state index in [2.05, 4.69) is 10.3 Å². The minimum Gasteiger partial charge on any atom is -0.457 e. The third-order valence-corrected chi connectivity index (χ3v) is 5.01. The molecule has 2 aromatic carbocycles. The summed E-state index contributed by atoms with van der Waals surface area (Å²) in [5.41, 5.74) is 8.25. The number of amides is 1. The monoisotopic (exact) mass is 410 g/mol. The standard InChI is InChI=1S/C23H30N4O3/c1-3-29-23(28)27-14-12-19(13-15-27)26-22(24)25-16-18-6-4-5-7-21(18)30-20-10-8-17(2)9-11-20/h4-11,19H,3,12-16H2,1-2H3,(H3,24,25,26). The second kappa shape index (κ2) is 10.5. The molecule has 1 saturated heterocycles. The average molecular weight is 411 g/mol.